The summed E-state index contributed by atoms with van der Waals surface area (Å²) in [4.78, 5) is 59.6. The molecule has 2 N–H and O–H groups in total. The maximum absolute atomic E-state index is 13.4. The fourth-order valence-corrected chi connectivity index (χ4v) is 6.01. The van der Waals surface area contributed by atoms with Crippen LogP contribution in [-0.4, -0.2) is 65.6 Å². The number of nitrogens with one attached hydrogen (secondary N) is 2. The molecule has 2 fully saturated rings. The van der Waals surface area contributed by atoms with E-state index in [1.165, 1.54) is 4.90 Å². The van der Waals surface area contributed by atoms with Gasteiger partial charge in [0.2, 0.25) is 11.9 Å². The molecule has 3 aromatic carbocycles. The highest BCUT2D eigenvalue weighted by atomic mass is 16.6. The Kier molecular flexibility index (Phi) is 12.6. The summed E-state index contributed by atoms with van der Waals surface area (Å²) in [7, 11) is 0. The molecular formula is C37H43N5O6. The summed E-state index contributed by atoms with van der Waals surface area (Å²) in [6.45, 7) is 1.65. The highest BCUT2D eigenvalue weighted by Crippen LogP contribution is 2.35. The molecule has 2 atom stereocenters. The third-order valence-corrected chi connectivity index (χ3v) is 8.56. The fraction of sp³-hybridized carbons (Fsp3) is 0.378. The molecule has 2 aliphatic heterocycles. The monoisotopic (exact) mass is 653 g/mol. The molecule has 11 heteroatoms. The van der Waals surface area contributed by atoms with Crippen LogP contribution < -0.4 is 10.6 Å². The second kappa shape index (κ2) is 17.7. The van der Waals surface area contributed by atoms with Gasteiger partial charge in [-0.1, -0.05) is 91.0 Å². The number of urea groups is 1. The largest absolute Gasteiger partial charge is 0.444 e. The molecule has 11 nitrogen and oxygen atoms in total. The first-order chi connectivity index (χ1) is 23.5. The summed E-state index contributed by atoms with van der Waals surface area (Å²) in [5, 5.41) is 5.00. The number of rotatable bonds is 11. The Hall–Kier alpha value is -5.19. The van der Waals surface area contributed by atoms with Crippen LogP contribution in [0.3, 0.4) is 0 Å². The minimum atomic E-state index is -0.789. The van der Waals surface area contributed by atoms with E-state index in [4.69, 9.17) is 9.47 Å². The van der Waals surface area contributed by atoms with Gasteiger partial charge in [0.05, 0.1) is 12.0 Å². The molecule has 252 valence electrons. The summed E-state index contributed by atoms with van der Waals surface area (Å²) in [5.74, 6) is -0.583. The molecule has 5 rings (SSSR count). The van der Waals surface area contributed by atoms with Gasteiger partial charge < -0.3 is 14.4 Å². The Morgan fingerprint density at radius 1 is 0.708 bits per heavy atom. The van der Waals surface area contributed by atoms with E-state index >= 15 is 0 Å². The molecule has 2 saturated heterocycles. The average Bonchev–Trinajstić information content (AvgIpc) is 3.12. The number of hydrogen-bond acceptors (Lipinski definition) is 7. The third kappa shape index (κ3) is 9.90. The number of aliphatic imine (C=N–C) groups is 1. The zero-order valence-corrected chi connectivity index (χ0v) is 27.1. The quantitative estimate of drug-likeness (QED) is 0.112. The first kappa shape index (κ1) is 34.2. The molecule has 0 saturated carbocycles. The second-order valence-corrected chi connectivity index (χ2v) is 12.0. The Balaban J connectivity index is 1.19. The first-order valence-corrected chi connectivity index (χ1v) is 16.6. The smallest absolute Gasteiger partial charge is 0.414 e. The molecule has 0 radical (unpaired) electrons. The number of guanidine groups is 1. The van der Waals surface area contributed by atoms with Crippen molar-refractivity contribution in [1.82, 2.24) is 20.4 Å². The van der Waals surface area contributed by atoms with Crippen LogP contribution in [0, 0.1) is 5.92 Å². The number of β-lactam (4-membered cyclic amide) rings is 1. The van der Waals surface area contributed by atoms with Gasteiger partial charge in [0.1, 0.15) is 13.2 Å². The predicted octanol–water partition coefficient (Wildman–Crippen LogP) is 6.04. The van der Waals surface area contributed by atoms with Crippen LogP contribution in [0.1, 0.15) is 55.2 Å². The van der Waals surface area contributed by atoms with E-state index in [9.17, 15) is 19.2 Å². The number of ether oxygens (including phenoxy) is 2. The minimum absolute atomic E-state index is 0.0409. The van der Waals surface area contributed by atoms with Gasteiger partial charge >= 0.3 is 18.2 Å². The van der Waals surface area contributed by atoms with Gasteiger partial charge in [-0.3, -0.25) is 25.3 Å². The second-order valence-electron chi connectivity index (χ2n) is 12.0. The molecule has 48 heavy (non-hydrogen) atoms. The van der Waals surface area contributed by atoms with Gasteiger partial charge in [0.15, 0.2) is 0 Å². The summed E-state index contributed by atoms with van der Waals surface area (Å²) >= 11 is 0. The Bertz CT molecular complexity index is 1470. The topological polar surface area (TPSA) is 130 Å². The molecule has 3 aromatic rings. The van der Waals surface area contributed by atoms with E-state index < -0.39 is 12.2 Å². The zero-order valence-electron chi connectivity index (χ0n) is 27.1. The Labute approximate surface area is 281 Å². The van der Waals surface area contributed by atoms with Crippen LogP contribution in [0.5, 0.6) is 0 Å². The van der Waals surface area contributed by atoms with Crippen LogP contribution in [-0.2, 0) is 33.9 Å². The lowest BCUT2D eigenvalue weighted by Crippen LogP contribution is -2.66. The number of likely N-dealkylation sites (tertiary alicyclic amines) is 2. The third-order valence-electron chi connectivity index (χ3n) is 8.56. The molecule has 2 aliphatic rings. The summed E-state index contributed by atoms with van der Waals surface area (Å²) in [6.07, 6.45) is 3.86. The van der Waals surface area contributed by atoms with Crippen molar-refractivity contribution in [3.63, 3.8) is 0 Å². The summed E-state index contributed by atoms with van der Waals surface area (Å²) < 4.78 is 10.6. The number of hydrogen-bond donors (Lipinski definition) is 2. The van der Waals surface area contributed by atoms with Crippen LogP contribution in [0.15, 0.2) is 96.0 Å². The van der Waals surface area contributed by atoms with Gasteiger partial charge in [-0.15, -0.1) is 0 Å². The van der Waals surface area contributed by atoms with Crippen molar-refractivity contribution < 1.29 is 28.7 Å². The van der Waals surface area contributed by atoms with Gasteiger partial charge in [-0.05, 0) is 61.6 Å². The van der Waals surface area contributed by atoms with Crippen molar-refractivity contribution >= 4 is 30.1 Å². The molecule has 2 unspecified atom stereocenters. The van der Waals surface area contributed by atoms with E-state index in [1.807, 2.05) is 78.9 Å². The summed E-state index contributed by atoms with van der Waals surface area (Å²) in [5.41, 5.74) is 2.77. The number of benzene rings is 3. The number of aryl methyl sites for hydroxylation is 1. The number of piperidine rings is 1. The zero-order chi connectivity index (χ0) is 33.6. The van der Waals surface area contributed by atoms with Crippen LogP contribution >= 0.6 is 0 Å². The maximum Gasteiger partial charge on any atom is 0.414 e. The molecule has 0 aliphatic carbocycles. The van der Waals surface area contributed by atoms with Crippen molar-refractivity contribution in [3.05, 3.63) is 108 Å². The van der Waals surface area contributed by atoms with Crippen molar-refractivity contribution in [2.24, 2.45) is 10.9 Å². The number of carbonyl (C=O) groups is 4. The molecule has 0 aromatic heterocycles. The molecule has 0 spiro atoms. The lowest BCUT2D eigenvalue weighted by Gasteiger charge is -2.48. The van der Waals surface area contributed by atoms with Crippen LogP contribution in [0.25, 0.3) is 0 Å². The highest BCUT2D eigenvalue weighted by molar-refractivity contribution is 6.02. The fourth-order valence-electron chi connectivity index (χ4n) is 6.01. The number of amides is 5. The van der Waals surface area contributed by atoms with E-state index in [2.05, 4.69) is 27.8 Å². The van der Waals surface area contributed by atoms with Crippen LogP contribution in [0.4, 0.5) is 14.4 Å². The van der Waals surface area contributed by atoms with Gasteiger partial charge in [-0.2, -0.15) is 0 Å². The Morgan fingerprint density at radius 2 is 1.23 bits per heavy atom. The predicted molar refractivity (Wildman–Crippen MR) is 181 cm³/mol. The lowest BCUT2D eigenvalue weighted by molar-refractivity contribution is -0.152. The van der Waals surface area contributed by atoms with Crippen molar-refractivity contribution in [2.75, 3.05) is 19.6 Å². The maximum atomic E-state index is 13.4. The molecular weight excluding hydrogens is 610 g/mol. The average molecular weight is 654 g/mol. The molecule has 5 amide bonds. The van der Waals surface area contributed by atoms with Gasteiger partial charge in [0.25, 0.3) is 0 Å². The number of carbonyl (C=O) groups excluding carboxylic acids is 4. The van der Waals surface area contributed by atoms with E-state index in [0.29, 0.717) is 32.4 Å². The van der Waals surface area contributed by atoms with Gasteiger partial charge in [-0.25, -0.2) is 14.4 Å². The number of imide groups is 1. The SMILES string of the molecule is O=C(NC(=NCCCC1C(=O)N(C(=O)N2CCCCC2)C1CCc1ccccc1)NC(=O)OCc1ccccc1)OCc1ccccc1. The van der Waals surface area contributed by atoms with Crippen molar-refractivity contribution in [2.45, 2.75) is 64.2 Å². The minimum Gasteiger partial charge on any atom is -0.444 e. The Morgan fingerprint density at radius 3 is 1.77 bits per heavy atom. The van der Waals surface area contributed by atoms with E-state index in [0.717, 1.165) is 42.4 Å². The van der Waals surface area contributed by atoms with Crippen LogP contribution in [0.2, 0.25) is 0 Å². The first-order valence-electron chi connectivity index (χ1n) is 16.6. The number of nitrogens with zero attached hydrogens (tertiary/aromatic N) is 3. The van der Waals surface area contributed by atoms with Crippen molar-refractivity contribution in [1.29, 1.82) is 0 Å². The normalized spacial score (nSPS) is 17.1. The summed E-state index contributed by atoms with van der Waals surface area (Å²) in [6, 6.07) is 28.1. The van der Waals surface area contributed by atoms with Crippen molar-refractivity contribution in [3.8, 4) is 0 Å². The lowest BCUT2D eigenvalue weighted by atomic mass is 9.80. The standard InChI is InChI=1S/C37H43N5O6/c43-33-31(32(22-21-28-14-5-1-6-15-28)42(33)37(46)41-24-11-4-12-25-41)20-13-23-38-34(39-35(44)47-26-29-16-7-2-8-17-29)40-36(45)48-27-30-18-9-3-10-19-30/h1-3,5-10,14-19,31-32H,4,11-13,20-27H2,(H2,38,39,40,44,45). The number of alkyl carbamates (subject to hydrolysis) is 2. The van der Waals surface area contributed by atoms with E-state index in [1.54, 1.807) is 4.90 Å². The molecule has 2 heterocycles. The van der Waals surface area contributed by atoms with E-state index in [-0.39, 0.29) is 49.6 Å². The highest BCUT2D eigenvalue weighted by Gasteiger charge is 2.50. The molecule has 0 bridgehead atoms. The van der Waals surface area contributed by atoms with Gasteiger partial charge in [0, 0.05) is 19.6 Å².